The summed E-state index contributed by atoms with van der Waals surface area (Å²) in [5, 5.41) is 0. The summed E-state index contributed by atoms with van der Waals surface area (Å²) in [7, 11) is 0.121. The van der Waals surface area contributed by atoms with Gasteiger partial charge in [0.15, 0.2) is 5.78 Å². The molecule has 1 aromatic rings. The van der Waals surface area contributed by atoms with Crippen LogP contribution in [0.2, 0.25) is 0 Å². The summed E-state index contributed by atoms with van der Waals surface area (Å²) in [6.07, 6.45) is 0. The van der Waals surface area contributed by atoms with Crippen LogP contribution in [0.15, 0.2) is 24.3 Å². The number of carbonyl (C=O) groups is 2. The van der Waals surface area contributed by atoms with E-state index in [2.05, 4.69) is 0 Å². The number of benzene rings is 1. The van der Waals surface area contributed by atoms with Crippen LogP contribution in [0, 0.1) is 18.8 Å². The van der Waals surface area contributed by atoms with Gasteiger partial charge in [0.2, 0.25) is 0 Å². The molecule has 0 saturated heterocycles. The summed E-state index contributed by atoms with van der Waals surface area (Å²) < 4.78 is 4.97. The van der Waals surface area contributed by atoms with E-state index in [-0.39, 0.29) is 26.5 Å². The fraction of sp³-hybridized carbons (Fsp3) is 0.429. The van der Waals surface area contributed by atoms with Gasteiger partial charge in [-0.1, -0.05) is 43.7 Å². The summed E-state index contributed by atoms with van der Waals surface area (Å²) >= 11 is 0. The smallest absolute Gasteiger partial charge is 0.311 e. The molecule has 0 N–H and O–H groups in total. The van der Waals surface area contributed by atoms with Gasteiger partial charge in [-0.05, 0) is 13.6 Å². The Kier molecular flexibility index (Phi) is 5.49. The molecule has 0 saturated carbocycles. The van der Waals surface area contributed by atoms with Gasteiger partial charge in [0.25, 0.3) is 0 Å². The summed E-state index contributed by atoms with van der Waals surface area (Å²) in [5.74, 6) is -1.09. The van der Waals surface area contributed by atoms with E-state index in [9.17, 15) is 9.59 Å². The molecule has 0 fully saturated rings. The Hall–Kier alpha value is -1.21. The van der Waals surface area contributed by atoms with Crippen molar-refractivity contribution in [1.29, 1.82) is 0 Å². The standard InChI is InChI=1S/C14H19O3P/c1-9-5-7-12(8-6-9)13(15)10(2)11(3)14(16)17-18-4/h5-8,10-11,18H,1-4H3. The molecule has 98 valence electrons. The third kappa shape index (κ3) is 3.64. The first kappa shape index (κ1) is 14.8. The first-order chi connectivity index (χ1) is 8.47. The van der Waals surface area contributed by atoms with E-state index in [0.29, 0.717) is 5.56 Å². The van der Waals surface area contributed by atoms with Crippen molar-refractivity contribution in [2.45, 2.75) is 20.8 Å². The van der Waals surface area contributed by atoms with Crippen LogP contribution in [0.4, 0.5) is 0 Å². The second-order valence-electron chi connectivity index (χ2n) is 4.43. The van der Waals surface area contributed by atoms with Crippen LogP contribution < -0.4 is 0 Å². The monoisotopic (exact) mass is 266 g/mol. The zero-order valence-electron chi connectivity index (χ0n) is 11.2. The van der Waals surface area contributed by atoms with Crippen LogP contribution in [-0.4, -0.2) is 18.4 Å². The Morgan fingerprint density at radius 2 is 1.67 bits per heavy atom. The SMILES string of the molecule is CPOC(=O)C(C)C(C)C(=O)c1ccc(C)cc1. The molecule has 0 bridgehead atoms. The number of ketones is 1. The van der Waals surface area contributed by atoms with Crippen molar-refractivity contribution in [2.24, 2.45) is 11.8 Å². The lowest BCUT2D eigenvalue weighted by Gasteiger charge is -2.17. The molecule has 0 aliphatic carbocycles. The molecule has 0 heterocycles. The predicted octanol–water partition coefficient (Wildman–Crippen LogP) is 3.22. The molecule has 1 aromatic carbocycles. The van der Waals surface area contributed by atoms with Gasteiger partial charge in [0.1, 0.15) is 0 Å². The van der Waals surface area contributed by atoms with E-state index < -0.39 is 5.92 Å². The molecule has 3 atom stereocenters. The van der Waals surface area contributed by atoms with Crippen LogP contribution in [-0.2, 0) is 9.32 Å². The highest BCUT2D eigenvalue weighted by atomic mass is 31.1. The first-order valence-corrected chi connectivity index (χ1v) is 7.36. The van der Waals surface area contributed by atoms with E-state index in [1.54, 1.807) is 32.6 Å². The third-order valence-corrected chi connectivity index (χ3v) is 3.48. The van der Waals surface area contributed by atoms with Crippen LogP contribution in [0.25, 0.3) is 0 Å². The Morgan fingerprint density at radius 1 is 1.11 bits per heavy atom. The van der Waals surface area contributed by atoms with Crippen molar-refractivity contribution >= 4 is 20.6 Å². The van der Waals surface area contributed by atoms with Crippen LogP contribution in [0.3, 0.4) is 0 Å². The van der Waals surface area contributed by atoms with Gasteiger partial charge in [-0.3, -0.25) is 9.59 Å². The molecule has 0 aliphatic heterocycles. The summed E-state index contributed by atoms with van der Waals surface area (Å²) in [6, 6.07) is 7.40. The summed E-state index contributed by atoms with van der Waals surface area (Å²) in [5.41, 5.74) is 1.76. The van der Waals surface area contributed by atoms with E-state index in [1.807, 2.05) is 19.1 Å². The molecule has 0 spiro atoms. The Labute approximate surface area is 110 Å². The molecular weight excluding hydrogens is 247 g/mol. The number of hydrogen-bond donors (Lipinski definition) is 0. The molecule has 0 aliphatic rings. The average molecular weight is 266 g/mol. The number of rotatable bonds is 5. The van der Waals surface area contributed by atoms with E-state index in [0.717, 1.165) is 5.56 Å². The normalized spacial score (nSPS) is 14.4. The largest absolute Gasteiger partial charge is 0.448 e. The maximum absolute atomic E-state index is 12.2. The van der Waals surface area contributed by atoms with Crippen LogP contribution in [0.1, 0.15) is 29.8 Å². The van der Waals surface area contributed by atoms with Gasteiger partial charge < -0.3 is 4.52 Å². The lowest BCUT2D eigenvalue weighted by molar-refractivity contribution is -0.138. The molecule has 3 unspecified atom stereocenters. The van der Waals surface area contributed by atoms with Gasteiger partial charge in [-0.2, -0.15) is 0 Å². The molecular formula is C14H19O3P. The van der Waals surface area contributed by atoms with Gasteiger partial charge in [-0.15, -0.1) is 0 Å². The van der Waals surface area contributed by atoms with E-state index in [1.165, 1.54) is 0 Å². The highest BCUT2D eigenvalue weighted by Crippen LogP contribution is 2.21. The maximum atomic E-state index is 12.2. The summed E-state index contributed by atoms with van der Waals surface area (Å²) in [4.78, 5) is 23.8. The van der Waals surface area contributed by atoms with Crippen LogP contribution in [0.5, 0.6) is 0 Å². The van der Waals surface area contributed by atoms with Crippen molar-refractivity contribution in [1.82, 2.24) is 0 Å². The highest BCUT2D eigenvalue weighted by Gasteiger charge is 2.27. The highest BCUT2D eigenvalue weighted by molar-refractivity contribution is 7.31. The molecule has 0 amide bonds. The minimum absolute atomic E-state index is 0.0149. The summed E-state index contributed by atoms with van der Waals surface area (Å²) in [6.45, 7) is 7.27. The molecule has 0 radical (unpaired) electrons. The quantitative estimate of drug-likeness (QED) is 0.607. The van der Waals surface area contributed by atoms with E-state index in [4.69, 9.17) is 4.52 Å². The fourth-order valence-electron chi connectivity index (χ4n) is 1.61. The predicted molar refractivity (Wildman–Crippen MR) is 74.2 cm³/mol. The van der Waals surface area contributed by atoms with Crippen molar-refractivity contribution < 1.29 is 14.1 Å². The van der Waals surface area contributed by atoms with Crippen LogP contribution >= 0.6 is 8.81 Å². The van der Waals surface area contributed by atoms with Crippen molar-refractivity contribution in [3.8, 4) is 0 Å². The Bertz CT molecular complexity index is 425. The molecule has 4 heteroatoms. The fourth-order valence-corrected chi connectivity index (χ4v) is 1.99. The van der Waals surface area contributed by atoms with Crippen molar-refractivity contribution in [2.75, 3.05) is 6.66 Å². The second-order valence-corrected chi connectivity index (χ2v) is 5.05. The zero-order valence-corrected chi connectivity index (χ0v) is 12.2. The number of hydrogen-bond acceptors (Lipinski definition) is 3. The van der Waals surface area contributed by atoms with Gasteiger partial charge in [0, 0.05) is 11.5 Å². The van der Waals surface area contributed by atoms with Gasteiger partial charge >= 0.3 is 5.97 Å². The van der Waals surface area contributed by atoms with E-state index >= 15 is 0 Å². The van der Waals surface area contributed by atoms with Gasteiger partial charge in [0.05, 0.1) is 14.7 Å². The number of carbonyl (C=O) groups excluding carboxylic acids is 2. The minimum Gasteiger partial charge on any atom is -0.448 e. The van der Waals surface area contributed by atoms with Crippen molar-refractivity contribution in [3.63, 3.8) is 0 Å². The number of aryl methyl sites for hydroxylation is 1. The zero-order chi connectivity index (χ0) is 13.7. The Balaban J connectivity index is 2.77. The van der Waals surface area contributed by atoms with Gasteiger partial charge in [-0.25, -0.2) is 0 Å². The topological polar surface area (TPSA) is 43.4 Å². The maximum Gasteiger partial charge on any atom is 0.311 e. The average Bonchev–Trinajstić information content (AvgIpc) is 2.37. The Morgan fingerprint density at radius 3 is 2.17 bits per heavy atom. The minimum atomic E-state index is -0.411. The van der Waals surface area contributed by atoms with Crippen molar-refractivity contribution in [3.05, 3.63) is 35.4 Å². The lowest BCUT2D eigenvalue weighted by Crippen LogP contribution is -2.26. The lowest BCUT2D eigenvalue weighted by atomic mass is 9.88. The molecule has 0 aromatic heterocycles. The molecule has 3 nitrogen and oxygen atoms in total. The third-order valence-electron chi connectivity index (χ3n) is 3.07. The molecule has 1 rings (SSSR count). The molecule has 18 heavy (non-hydrogen) atoms. The number of Topliss-reactive ketones (excluding diaryl/α,β-unsaturated/α-hetero) is 1. The first-order valence-electron chi connectivity index (χ1n) is 5.95. The second kappa shape index (κ2) is 6.65.